The zero-order valence-corrected chi connectivity index (χ0v) is 9.74. The molecule has 1 fully saturated rings. The van der Waals surface area contributed by atoms with Gasteiger partial charge in [-0.3, -0.25) is 0 Å². The van der Waals surface area contributed by atoms with Crippen molar-refractivity contribution in [2.24, 2.45) is 5.92 Å². The first-order chi connectivity index (χ1) is 7.83. The summed E-state index contributed by atoms with van der Waals surface area (Å²) in [5.74, 6) is 0.797. The fourth-order valence-electron chi connectivity index (χ4n) is 2.61. The lowest BCUT2D eigenvalue weighted by atomic mass is 10.0. The third-order valence-corrected chi connectivity index (χ3v) is 3.53. The first-order valence-electron chi connectivity index (χ1n) is 6.10. The largest absolute Gasteiger partial charge is 0.382 e. The van der Waals surface area contributed by atoms with Crippen LogP contribution in [0.4, 0.5) is 5.69 Å². The van der Waals surface area contributed by atoms with Crippen LogP contribution in [0.1, 0.15) is 38.2 Å². The lowest BCUT2D eigenvalue weighted by molar-refractivity contribution is 0.489. The molecule has 1 aliphatic rings. The van der Waals surface area contributed by atoms with Crippen molar-refractivity contribution in [3.05, 3.63) is 29.8 Å². The molecule has 0 spiro atoms. The smallest absolute Gasteiger partial charge is 0.0992 e. The number of hydrogen-bond acceptors (Lipinski definition) is 2. The SMILES string of the molecule is CCC1CCCC1Nc1cccc(C#N)c1. The molecule has 0 saturated heterocycles. The van der Waals surface area contributed by atoms with Gasteiger partial charge in [0.25, 0.3) is 0 Å². The number of anilines is 1. The summed E-state index contributed by atoms with van der Waals surface area (Å²) in [5, 5.41) is 12.4. The third-order valence-electron chi connectivity index (χ3n) is 3.53. The van der Waals surface area contributed by atoms with Crippen molar-refractivity contribution in [3.8, 4) is 6.07 Å². The Morgan fingerprint density at radius 3 is 3.06 bits per heavy atom. The molecule has 0 aliphatic heterocycles. The molecule has 0 bridgehead atoms. The van der Waals surface area contributed by atoms with Crippen LogP contribution in [0.15, 0.2) is 24.3 Å². The molecule has 84 valence electrons. The molecule has 1 aromatic rings. The predicted octanol–water partition coefficient (Wildman–Crippen LogP) is 3.55. The van der Waals surface area contributed by atoms with Crippen molar-refractivity contribution >= 4 is 5.69 Å². The zero-order valence-electron chi connectivity index (χ0n) is 9.74. The third kappa shape index (κ3) is 2.36. The second kappa shape index (κ2) is 5.03. The Bertz CT molecular complexity index is 392. The molecule has 2 nitrogen and oxygen atoms in total. The first kappa shape index (κ1) is 11.0. The Morgan fingerprint density at radius 1 is 1.44 bits per heavy atom. The highest BCUT2D eigenvalue weighted by atomic mass is 14.9. The molecule has 0 heterocycles. The fourth-order valence-corrected chi connectivity index (χ4v) is 2.61. The van der Waals surface area contributed by atoms with Crippen LogP contribution in [0.2, 0.25) is 0 Å². The Kier molecular flexibility index (Phi) is 3.46. The maximum Gasteiger partial charge on any atom is 0.0992 e. The van der Waals surface area contributed by atoms with Crippen LogP contribution in [0.25, 0.3) is 0 Å². The molecule has 2 heteroatoms. The van der Waals surface area contributed by atoms with E-state index >= 15 is 0 Å². The normalized spacial score (nSPS) is 24.0. The van der Waals surface area contributed by atoms with Gasteiger partial charge in [-0.25, -0.2) is 0 Å². The molecular formula is C14H18N2. The quantitative estimate of drug-likeness (QED) is 0.835. The van der Waals surface area contributed by atoms with E-state index in [1.54, 1.807) is 0 Å². The van der Waals surface area contributed by atoms with E-state index in [2.05, 4.69) is 18.3 Å². The average Bonchev–Trinajstić information content (AvgIpc) is 2.76. The van der Waals surface area contributed by atoms with Crippen molar-refractivity contribution in [1.29, 1.82) is 5.26 Å². The summed E-state index contributed by atoms with van der Waals surface area (Å²) in [6.07, 6.45) is 5.17. The maximum absolute atomic E-state index is 8.84. The van der Waals surface area contributed by atoms with Crippen molar-refractivity contribution in [1.82, 2.24) is 0 Å². The molecule has 0 aromatic heterocycles. The second-order valence-electron chi connectivity index (χ2n) is 4.54. The summed E-state index contributed by atoms with van der Waals surface area (Å²) in [6.45, 7) is 2.26. The van der Waals surface area contributed by atoms with Crippen LogP contribution in [-0.4, -0.2) is 6.04 Å². The van der Waals surface area contributed by atoms with E-state index in [1.807, 2.05) is 24.3 Å². The summed E-state index contributed by atoms with van der Waals surface area (Å²) in [5.41, 5.74) is 1.82. The van der Waals surface area contributed by atoms with Gasteiger partial charge >= 0.3 is 0 Å². The summed E-state index contributed by atoms with van der Waals surface area (Å²) >= 11 is 0. The summed E-state index contributed by atoms with van der Waals surface area (Å²) in [4.78, 5) is 0. The summed E-state index contributed by atoms with van der Waals surface area (Å²) in [6, 6.07) is 10.5. The molecule has 0 radical (unpaired) electrons. The van der Waals surface area contributed by atoms with Crippen molar-refractivity contribution in [2.75, 3.05) is 5.32 Å². The Labute approximate surface area is 97.3 Å². The van der Waals surface area contributed by atoms with Crippen LogP contribution in [-0.2, 0) is 0 Å². The number of rotatable bonds is 3. The number of benzene rings is 1. The molecule has 1 aliphatic carbocycles. The van der Waals surface area contributed by atoms with Gasteiger partial charge in [0.2, 0.25) is 0 Å². The molecular weight excluding hydrogens is 196 g/mol. The molecule has 2 atom stereocenters. The van der Waals surface area contributed by atoms with Gasteiger partial charge in [-0.1, -0.05) is 25.8 Å². The van der Waals surface area contributed by atoms with E-state index in [9.17, 15) is 0 Å². The van der Waals surface area contributed by atoms with Gasteiger partial charge in [0.05, 0.1) is 11.6 Å². The minimum Gasteiger partial charge on any atom is -0.382 e. The number of nitrogens with zero attached hydrogens (tertiary/aromatic N) is 1. The van der Waals surface area contributed by atoms with Crippen molar-refractivity contribution < 1.29 is 0 Å². The van der Waals surface area contributed by atoms with Gasteiger partial charge in [0.15, 0.2) is 0 Å². The standard InChI is InChI=1S/C14H18N2/c1-2-12-6-4-8-14(12)16-13-7-3-5-11(9-13)10-15/h3,5,7,9,12,14,16H,2,4,6,8H2,1H3. The van der Waals surface area contributed by atoms with Crippen LogP contribution in [0.3, 0.4) is 0 Å². The first-order valence-corrected chi connectivity index (χ1v) is 6.10. The lowest BCUT2D eigenvalue weighted by Gasteiger charge is -2.20. The summed E-state index contributed by atoms with van der Waals surface area (Å²) in [7, 11) is 0. The van der Waals surface area contributed by atoms with Crippen molar-refractivity contribution in [2.45, 2.75) is 38.6 Å². The van der Waals surface area contributed by atoms with E-state index in [0.29, 0.717) is 6.04 Å². The molecule has 1 saturated carbocycles. The highest BCUT2D eigenvalue weighted by Crippen LogP contribution is 2.30. The Balaban J connectivity index is 2.06. The minimum absolute atomic E-state index is 0.596. The monoisotopic (exact) mass is 214 g/mol. The molecule has 2 rings (SSSR count). The highest BCUT2D eigenvalue weighted by Gasteiger charge is 2.25. The Hall–Kier alpha value is -1.49. The molecule has 1 N–H and O–H groups in total. The lowest BCUT2D eigenvalue weighted by Crippen LogP contribution is -2.23. The van der Waals surface area contributed by atoms with E-state index in [0.717, 1.165) is 17.2 Å². The second-order valence-corrected chi connectivity index (χ2v) is 4.54. The van der Waals surface area contributed by atoms with Gasteiger partial charge in [-0.05, 0) is 37.0 Å². The zero-order chi connectivity index (χ0) is 11.4. The van der Waals surface area contributed by atoms with Crippen molar-refractivity contribution in [3.63, 3.8) is 0 Å². The predicted molar refractivity (Wildman–Crippen MR) is 66.2 cm³/mol. The Morgan fingerprint density at radius 2 is 2.31 bits per heavy atom. The molecule has 0 amide bonds. The van der Waals surface area contributed by atoms with Gasteiger partial charge in [-0.15, -0.1) is 0 Å². The molecule has 1 aromatic carbocycles. The van der Waals surface area contributed by atoms with E-state index in [4.69, 9.17) is 5.26 Å². The minimum atomic E-state index is 0.596. The van der Waals surface area contributed by atoms with Gasteiger partial charge in [-0.2, -0.15) is 5.26 Å². The van der Waals surface area contributed by atoms with Crippen LogP contribution in [0.5, 0.6) is 0 Å². The topological polar surface area (TPSA) is 35.8 Å². The number of nitriles is 1. The van der Waals surface area contributed by atoms with Gasteiger partial charge < -0.3 is 5.32 Å². The van der Waals surface area contributed by atoms with E-state index in [1.165, 1.54) is 25.7 Å². The molecule has 16 heavy (non-hydrogen) atoms. The number of hydrogen-bond donors (Lipinski definition) is 1. The van der Waals surface area contributed by atoms with Crippen LogP contribution in [0, 0.1) is 17.2 Å². The summed E-state index contributed by atoms with van der Waals surface area (Å²) < 4.78 is 0. The maximum atomic E-state index is 8.84. The number of nitrogens with one attached hydrogen (secondary N) is 1. The van der Waals surface area contributed by atoms with Crippen LogP contribution < -0.4 is 5.32 Å². The molecule has 2 unspecified atom stereocenters. The van der Waals surface area contributed by atoms with Gasteiger partial charge in [0.1, 0.15) is 0 Å². The van der Waals surface area contributed by atoms with E-state index in [-0.39, 0.29) is 0 Å². The average molecular weight is 214 g/mol. The van der Waals surface area contributed by atoms with Gasteiger partial charge in [0, 0.05) is 11.7 Å². The fraction of sp³-hybridized carbons (Fsp3) is 0.500. The van der Waals surface area contributed by atoms with Crippen LogP contribution >= 0.6 is 0 Å². The highest BCUT2D eigenvalue weighted by molar-refractivity contribution is 5.49. The van der Waals surface area contributed by atoms with E-state index < -0.39 is 0 Å².